The number of allylic oxidation sites excluding steroid dienone is 1. The van der Waals surface area contributed by atoms with Gasteiger partial charge in [-0.1, -0.05) is 30.9 Å². The molecule has 158 valence electrons. The lowest BCUT2D eigenvalue weighted by atomic mass is 9.87. The summed E-state index contributed by atoms with van der Waals surface area (Å²) >= 11 is 1.29. The Morgan fingerprint density at radius 3 is 2.52 bits per heavy atom. The molecule has 0 saturated heterocycles. The molecule has 0 aromatic carbocycles. The Labute approximate surface area is 179 Å². The van der Waals surface area contributed by atoms with Crippen molar-refractivity contribution >= 4 is 23.0 Å². The third kappa shape index (κ3) is 6.10. The maximum Gasteiger partial charge on any atom is 0.348 e. The highest BCUT2D eigenvalue weighted by Gasteiger charge is 2.29. The van der Waals surface area contributed by atoms with E-state index in [0.717, 1.165) is 48.6 Å². The van der Waals surface area contributed by atoms with Crippen molar-refractivity contribution < 1.29 is 9.90 Å². The molecule has 29 heavy (non-hydrogen) atoms. The summed E-state index contributed by atoms with van der Waals surface area (Å²) in [6.07, 6.45) is 12.2. The van der Waals surface area contributed by atoms with Gasteiger partial charge in [-0.25, -0.2) is 10.2 Å². The van der Waals surface area contributed by atoms with E-state index in [1.54, 1.807) is 0 Å². The number of aromatic carboxylic acids is 1. The van der Waals surface area contributed by atoms with Gasteiger partial charge in [0.15, 0.2) is 0 Å². The van der Waals surface area contributed by atoms with Gasteiger partial charge in [0.2, 0.25) is 0 Å². The predicted molar refractivity (Wildman–Crippen MR) is 121 cm³/mol. The summed E-state index contributed by atoms with van der Waals surface area (Å²) in [5.41, 5.74) is 4.40. The summed E-state index contributed by atoms with van der Waals surface area (Å²) in [6, 6.07) is 2.65. The van der Waals surface area contributed by atoms with E-state index >= 15 is 0 Å². The number of nitrogens with zero attached hydrogens (tertiary/aromatic N) is 1. The molecule has 4 nitrogen and oxygen atoms in total. The lowest BCUT2D eigenvalue weighted by molar-refractivity contribution is 0.0702. The number of hydrogen-bond acceptors (Lipinski definition) is 4. The normalized spacial score (nSPS) is 24.6. The van der Waals surface area contributed by atoms with Gasteiger partial charge >= 0.3 is 5.97 Å². The summed E-state index contributed by atoms with van der Waals surface area (Å²) in [7, 11) is 0. The minimum absolute atomic E-state index is 0.113. The summed E-state index contributed by atoms with van der Waals surface area (Å²) in [5.74, 6) is 6.36. The van der Waals surface area contributed by atoms with E-state index in [4.69, 9.17) is 0 Å². The number of nitrogens with one attached hydrogen (secondary N) is 1. The average molecular weight is 415 g/mol. The van der Waals surface area contributed by atoms with Crippen LogP contribution in [-0.4, -0.2) is 23.2 Å². The first-order valence-corrected chi connectivity index (χ1v) is 11.7. The highest BCUT2D eigenvalue weighted by atomic mass is 32.1. The smallest absolute Gasteiger partial charge is 0.348 e. The van der Waals surface area contributed by atoms with E-state index in [2.05, 4.69) is 62.1 Å². The van der Waals surface area contributed by atoms with Crippen LogP contribution in [0.5, 0.6) is 0 Å². The van der Waals surface area contributed by atoms with Gasteiger partial charge in [0.1, 0.15) is 4.88 Å². The van der Waals surface area contributed by atoms with Crippen molar-refractivity contribution in [1.82, 2.24) is 5.43 Å². The lowest BCUT2D eigenvalue weighted by Crippen LogP contribution is -2.52. The van der Waals surface area contributed by atoms with Crippen LogP contribution in [0.15, 0.2) is 18.2 Å². The molecule has 1 atom stereocenters. The molecule has 0 aliphatic heterocycles. The maximum atomic E-state index is 12.1. The van der Waals surface area contributed by atoms with Gasteiger partial charge in [-0.05, 0) is 77.7 Å². The fourth-order valence-electron chi connectivity index (χ4n) is 3.99. The minimum atomic E-state index is -0.871. The van der Waals surface area contributed by atoms with Crippen molar-refractivity contribution in [2.24, 2.45) is 11.3 Å². The van der Waals surface area contributed by atoms with E-state index in [1.807, 2.05) is 6.07 Å². The first kappa shape index (κ1) is 21.9. The number of rotatable bonds is 5. The van der Waals surface area contributed by atoms with Crippen LogP contribution in [0.4, 0.5) is 5.69 Å². The van der Waals surface area contributed by atoms with Gasteiger partial charge in [-0.3, -0.25) is 0 Å². The van der Waals surface area contributed by atoms with E-state index in [-0.39, 0.29) is 11.5 Å². The zero-order chi connectivity index (χ0) is 21.0. The van der Waals surface area contributed by atoms with E-state index in [1.165, 1.54) is 24.2 Å². The molecule has 0 radical (unpaired) electrons. The zero-order valence-corrected chi connectivity index (χ0v) is 18.9. The van der Waals surface area contributed by atoms with Crippen molar-refractivity contribution in [3.05, 3.63) is 28.0 Å². The number of carbonyl (C=O) groups is 1. The number of carboxylic acid groups (broad SMARTS) is 1. The first-order valence-electron chi connectivity index (χ1n) is 10.8. The third-order valence-corrected chi connectivity index (χ3v) is 6.70. The molecular weight excluding hydrogens is 380 g/mol. The number of hydrazine groups is 1. The number of hydrogen-bond donors (Lipinski definition) is 2. The molecule has 5 heteroatoms. The lowest BCUT2D eigenvalue weighted by Gasteiger charge is -2.39. The SMILES string of the molecule is CC1CCC(NN(c2cc(C#CC(C)(C)C)sc2C(=O)O)C2CC=CCC2)CC1. The van der Waals surface area contributed by atoms with Crippen molar-refractivity contribution in [1.29, 1.82) is 0 Å². The second-order valence-corrected chi connectivity index (χ2v) is 10.6. The highest BCUT2D eigenvalue weighted by Crippen LogP contribution is 2.34. The Morgan fingerprint density at radius 1 is 1.21 bits per heavy atom. The first-order chi connectivity index (χ1) is 13.7. The van der Waals surface area contributed by atoms with Crippen molar-refractivity contribution in [3.63, 3.8) is 0 Å². The van der Waals surface area contributed by atoms with E-state index < -0.39 is 5.97 Å². The largest absolute Gasteiger partial charge is 0.477 e. The number of anilines is 1. The van der Waals surface area contributed by atoms with Gasteiger partial charge in [0.25, 0.3) is 0 Å². The van der Waals surface area contributed by atoms with Crippen LogP contribution >= 0.6 is 11.3 Å². The summed E-state index contributed by atoms with van der Waals surface area (Å²) in [4.78, 5) is 13.3. The molecule has 2 N–H and O–H groups in total. The van der Waals surface area contributed by atoms with Crippen LogP contribution in [0.3, 0.4) is 0 Å². The summed E-state index contributed by atoms with van der Waals surface area (Å²) in [6.45, 7) is 8.53. The Balaban J connectivity index is 1.92. The van der Waals surface area contributed by atoms with Gasteiger partial charge in [0.05, 0.1) is 10.6 Å². The second kappa shape index (κ2) is 9.36. The minimum Gasteiger partial charge on any atom is -0.477 e. The van der Waals surface area contributed by atoms with Crippen LogP contribution in [0.1, 0.15) is 87.2 Å². The third-order valence-electron chi connectivity index (χ3n) is 5.67. The molecular formula is C24H34N2O2S. The quantitative estimate of drug-likeness (QED) is 0.361. The molecule has 1 heterocycles. The van der Waals surface area contributed by atoms with Gasteiger partial charge in [-0.2, -0.15) is 0 Å². The number of thiophene rings is 1. The standard InChI is InChI=1S/C24H34N2O2S/c1-17-10-12-18(13-11-17)25-26(19-8-6-5-7-9-19)21-16-20(14-15-24(2,3)4)29-22(21)23(27)28/h5-6,16-19,25H,7-13H2,1-4H3,(H,27,28). The fraction of sp³-hybridized carbons (Fsp3) is 0.625. The predicted octanol–water partition coefficient (Wildman–Crippen LogP) is 5.84. The average Bonchev–Trinajstić information content (AvgIpc) is 3.10. The molecule has 1 aromatic rings. The number of carboxylic acids is 1. The van der Waals surface area contributed by atoms with Gasteiger partial charge in [-0.15, -0.1) is 11.3 Å². The van der Waals surface area contributed by atoms with Crippen LogP contribution in [0, 0.1) is 23.2 Å². The Hall–Kier alpha value is -1.77. The van der Waals surface area contributed by atoms with Crippen LogP contribution < -0.4 is 10.4 Å². The molecule has 1 aromatic heterocycles. The van der Waals surface area contributed by atoms with E-state index in [0.29, 0.717) is 10.9 Å². The Morgan fingerprint density at radius 2 is 1.93 bits per heavy atom. The van der Waals surface area contributed by atoms with Crippen LogP contribution in [0.2, 0.25) is 0 Å². The monoisotopic (exact) mass is 414 g/mol. The van der Waals surface area contributed by atoms with Crippen molar-refractivity contribution in [2.45, 2.75) is 84.7 Å². The van der Waals surface area contributed by atoms with E-state index in [9.17, 15) is 9.90 Å². The molecule has 2 aliphatic carbocycles. The van der Waals surface area contributed by atoms with Crippen LogP contribution in [-0.2, 0) is 0 Å². The molecule has 2 aliphatic rings. The molecule has 1 saturated carbocycles. The molecule has 1 fully saturated rings. The zero-order valence-electron chi connectivity index (χ0n) is 18.1. The summed E-state index contributed by atoms with van der Waals surface area (Å²) in [5, 5.41) is 12.1. The molecule has 0 bridgehead atoms. The van der Waals surface area contributed by atoms with Crippen molar-refractivity contribution in [3.8, 4) is 11.8 Å². The topological polar surface area (TPSA) is 52.6 Å². The Kier molecular flexibility index (Phi) is 7.08. The highest BCUT2D eigenvalue weighted by molar-refractivity contribution is 7.15. The second-order valence-electron chi connectivity index (χ2n) is 9.52. The maximum absolute atomic E-state index is 12.1. The molecule has 3 rings (SSSR count). The fourth-order valence-corrected chi connectivity index (χ4v) is 4.84. The molecule has 0 spiro atoms. The summed E-state index contributed by atoms with van der Waals surface area (Å²) < 4.78 is 0. The molecule has 0 amide bonds. The van der Waals surface area contributed by atoms with Crippen molar-refractivity contribution in [2.75, 3.05) is 5.01 Å². The molecule has 1 unspecified atom stereocenters. The van der Waals surface area contributed by atoms with Gasteiger partial charge in [0, 0.05) is 17.5 Å². The van der Waals surface area contributed by atoms with Crippen LogP contribution in [0.25, 0.3) is 0 Å². The van der Waals surface area contributed by atoms with Gasteiger partial charge < -0.3 is 10.1 Å². The Bertz CT molecular complexity index is 801.